The van der Waals surface area contributed by atoms with E-state index in [2.05, 4.69) is 20.3 Å². The Morgan fingerprint density at radius 3 is 2.71 bits per heavy atom. The largest absolute Gasteiger partial charge is 0.508 e. The maximum absolute atomic E-state index is 14.0. The quantitative estimate of drug-likeness (QED) is 0.304. The number of pyridine rings is 1. The molecule has 8 nitrogen and oxygen atoms in total. The molecule has 1 aromatic carbocycles. The molecular weight excluding hydrogens is 442 g/mol. The van der Waals surface area contributed by atoms with Crippen LogP contribution in [-0.2, 0) is 0 Å². The van der Waals surface area contributed by atoms with Crippen LogP contribution in [0.4, 0.5) is 20.4 Å². The predicted octanol–water partition coefficient (Wildman–Crippen LogP) is 3.82. The van der Waals surface area contributed by atoms with E-state index in [1.165, 1.54) is 18.3 Å². The van der Waals surface area contributed by atoms with E-state index in [1.54, 1.807) is 12.4 Å². The smallest absolute Gasteiger partial charge is 0.205 e. The van der Waals surface area contributed by atoms with Gasteiger partial charge in [0.25, 0.3) is 0 Å². The monoisotopic (exact) mass is 468 g/mol. The van der Waals surface area contributed by atoms with Crippen molar-refractivity contribution in [2.24, 2.45) is 11.7 Å². The number of aromatic hydroxyl groups is 1. The van der Waals surface area contributed by atoms with Gasteiger partial charge in [-0.15, -0.1) is 0 Å². The molecule has 4 unspecified atom stereocenters. The summed E-state index contributed by atoms with van der Waals surface area (Å²) in [5, 5.41) is 30.6. The lowest BCUT2D eigenvalue weighted by Gasteiger charge is -2.36. The van der Waals surface area contributed by atoms with Gasteiger partial charge in [-0.1, -0.05) is 6.92 Å². The van der Waals surface area contributed by atoms with Crippen LogP contribution in [0.2, 0.25) is 0 Å². The lowest BCUT2D eigenvalue weighted by atomic mass is 9.74. The molecule has 2 heterocycles. The van der Waals surface area contributed by atoms with Crippen molar-refractivity contribution in [3.05, 3.63) is 71.3 Å². The number of allylic oxidation sites excluding steroid dienone is 1. The number of aromatic amines is 1. The molecule has 7 N–H and O–H groups in total. The highest BCUT2D eigenvalue weighted by Crippen LogP contribution is 2.39. The number of imidazole rings is 1. The number of nitrogens with two attached hydrogens (primary N) is 1. The number of aromatic nitrogens is 3. The third-order valence-electron chi connectivity index (χ3n) is 6.10. The first kappa shape index (κ1) is 23.5. The third-order valence-corrected chi connectivity index (χ3v) is 6.10. The topological polar surface area (TPSA) is 144 Å². The number of nitrogens with one attached hydrogen (secondary N) is 3. The Labute approximate surface area is 195 Å². The van der Waals surface area contributed by atoms with E-state index in [-0.39, 0.29) is 17.9 Å². The maximum atomic E-state index is 14.0. The predicted molar refractivity (Wildman–Crippen MR) is 125 cm³/mol. The van der Waals surface area contributed by atoms with E-state index in [1.807, 2.05) is 13.0 Å². The van der Waals surface area contributed by atoms with E-state index in [0.29, 0.717) is 18.1 Å². The zero-order valence-electron chi connectivity index (χ0n) is 18.5. The zero-order chi connectivity index (χ0) is 24.4. The lowest BCUT2D eigenvalue weighted by Crippen LogP contribution is -2.44. The normalized spacial score (nSPS) is 22.7. The molecule has 4 atom stereocenters. The molecule has 1 aliphatic rings. The number of phenolic OH excluding ortho intramolecular Hbond substituents is 1. The summed E-state index contributed by atoms with van der Waals surface area (Å²) in [6.07, 6.45) is 8.57. The number of nitrogens with zero attached hydrogens (tertiary/aromatic N) is 2. The number of H-pyrrole nitrogens is 1. The number of aliphatic hydroxyl groups is 1. The minimum Gasteiger partial charge on any atom is -0.508 e. The minimum atomic E-state index is -1.02. The molecule has 10 heteroatoms. The molecule has 178 valence electrons. The fourth-order valence-electron chi connectivity index (χ4n) is 4.38. The Morgan fingerprint density at radius 1 is 1.26 bits per heavy atom. The van der Waals surface area contributed by atoms with Crippen LogP contribution in [0.3, 0.4) is 0 Å². The summed E-state index contributed by atoms with van der Waals surface area (Å²) in [7, 11) is 0. The average molecular weight is 469 g/mol. The van der Waals surface area contributed by atoms with Crippen molar-refractivity contribution in [3.63, 3.8) is 0 Å². The minimum absolute atomic E-state index is 0.0775. The highest BCUT2D eigenvalue weighted by molar-refractivity contribution is 6.09. The Hall–Kier alpha value is -3.63. The number of halogens is 2. The number of hydrogen-bond acceptors (Lipinski definition) is 7. The molecule has 4 rings (SSSR count). The van der Waals surface area contributed by atoms with E-state index in [0.717, 1.165) is 29.8 Å². The van der Waals surface area contributed by atoms with Crippen LogP contribution in [0.15, 0.2) is 42.9 Å². The fraction of sp³-hybridized carbons (Fsp3) is 0.292. The number of hydrogen-bond donors (Lipinski definition) is 6. The Morgan fingerprint density at radius 2 is 2.00 bits per heavy atom. The summed E-state index contributed by atoms with van der Waals surface area (Å²) in [5.74, 6) is -1.93. The Bertz CT molecular complexity index is 1190. The summed E-state index contributed by atoms with van der Waals surface area (Å²) in [5.41, 5.74) is 7.51. The number of aliphatic hydroxyl groups excluding tert-OH is 1. The molecule has 0 spiro atoms. The van der Waals surface area contributed by atoms with Crippen molar-refractivity contribution in [2.75, 3.05) is 5.32 Å². The van der Waals surface area contributed by atoms with E-state index in [9.17, 15) is 19.0 Å². The van der Waals surface area contributed by atoms with Crippen LogP contribution < -0.4 is 11.1 Å². The first-order valence-corrected chi connectivity index (χ1v) is 10.9. The fourth-order valence-corrected chi connectivity index (χ4v) is 4.38. The molecule has 0 radical (unpaired) electrons. The molecular formula is C24H26F2N6O2. The van der Waals surface area contributed by atoms with Crippen LogP contribution in [0, 0.1) is 23.0 Å². The maximum Gasteiger partial charge on any atom is 0.205 e. The second kappa shape index (κ2) is 9.70. The second-order valence-electron chi connectivity index (χ2n) is 8.61. The molecule has 1 saturated carbocycles. The van der Waals surface area contributed by atoms with Crippen LogP contribution in [-0.4, -0.2) is 43.0 Å². The first-order chi connectivity index (χ1) is 16.2. The van der Waals surface area contributed by atoms with Crippen LogP contribution in [0.25, 0.3) is 6.08 Å². The van der Waals surface area contributed by atoms with Crippen LogP contribution in [0.1, 0.15) is 42.5 Å². The van der Waals surface area contributed by atoms with Gasteiger partial charge in [0, 0.05) is 24.4 Å². The van der Waals surface area contributed by atoms with Crippen molar-refractivity contribution in [1.29, 1.82) is 5.41 Å². The number of anilines is 2. The van der Waals surface area contributed by atoms with Gasteiger partial charge in [0.05, 0.1) is 41.2 Å². The highest BCUT2D eigenvalue weighted by atomic mass is 19.1. The Balaban J connectivity index is 1.49. The summed E-state index contributed by atoms with van der Waals surface area (Å²) in [6, 6.07) is 3.14. The molecule has 0 saturated heterocycles. The van der Waals surface area contributed by atoms with E-state index >= 15 is 0 Å². The van der Waals surface area contributed by atoms with Gasteiger partial charge in [0.15, 0.2) is 0 Å². The number of rotatable bonds is 6. The van der Waals surface area contributed by atoms with E-state index in [4.69, 9.17) is 11.1 Å². The molecule has 34 heavy (non-hydrogen) atoms. The van der Waals surface area contributed by atoms with Gasteiger partial charge in [-0.05, 0) is 48.5 Å². The van der Waals surface area contributed by atoms with Crippen molar-refractivity contribution in [3.8, 4) is 5.75 Å². The molecule has 1 aliphatic carbocycles. The Kier molecular flexibility index (Phi) is 6.71. The SMILES string of the molecule is CC1CC(c2ccncc2Nc2ncc(/C=C\C(=N)c3c(F)cc(O)cc3F)[nH]2)CC(N)C1O. The van der Waals surface area contributed by atoms with Crippen LogP contribution in [0.5, 0.6) is 5.75 Å². The summed E-state index contributed by atoms with van der Waals surface area (Å²) >= 11 is 0. The number of phenols is 1. The van der Waals surface area contributed by atoms with E-state index < -0.39 is 34.8 Å². The van der Waals surface area contributed by atoms with Crippen molar-refractivity contribution in [1.82, 2.24) is 15.0 Å². The highest BCUT2D eigenvalue weighted by Gasteiger charge is 2.33. The lowest BCUT2D eigenvalue weighted by molar-refractivity contribution is 0.0521. The molecule has 0 bridgehead atoms. The second-order valence-corrected chi connectivity index (χ2v) is 8.61. The number of benzene rings is 1. The van der Waals surface area contributed by atoms with Gasteiger partial charge < -0.3 is 31.7 Å². The van der Waals surface area contributed by atoms with Gasteiger partial charge in [-0.2, -0.15) is 0 Å². The van der Waals surface area contributed by atoms with Crippen molar-refractivity contribution < 1.29 is 19.0 Å². The van der Waals surface area contributed by atoms with Crippen molar-refractivity contribution >= 4 is 23.4 Å². The van der Waals surface area contributed by atoms with Gasteiger partial charge in [0.2, 0.25) is 5.95 Å². The molecule has 3 aromatic rings. The zero-order valence-corrected chi connectivity index (χ0v) is 18.5. The van der Waals surface area contributed by atoms with Gasteiger partial charge in [-0.25, -0.2) is 13.8 Å². The standard InChI is InChI=1S/C24H26F2N6O2/c1-12-6-13(7-20(28)23(12)34)16-4-5-29-11-21(16)32-24-30-10-14(31-24)2-3-19(27)22-17(25)8-15(33)9-18(22)26/h2-5,8-13,20,23,27,33-34H,6-7,28H2,1H3,(H2,30,31,32)/b3-2-,27-19?. The molecule has 2 aromatic heterocycles. The molecule has 0 aliphatic heterocycles. The van der Waals surface area contributed by atoms with Gasteiger partial charge in [0.1, 0.15) is 17.4 Å². The van der Waals surface area contributed by atoms with Crippen LogP contribution >= 0.6 is 0 Å². The van der Waals surface area contributed by atoms with Gasteiger partial charge in [-0.3, -0.25) is 4.98 Å². The summed E-state index contributed by atoms with van der Waals surface area (Å²) < 4.78 is 27.9. The first-order valence-electron chi connectivity index (χ1n) is 10.9. The third kappa shape index (κ3) is 4.97. The van der Waals surface area contributed by atoms with Gasteiger partial charge >= 0.3 is 0 Å². The van der Waals surface area contributed by atoms with Crippen molar-refractivity contribution in [2.45, 2.75) is 37.8 Å². The molecule has 1 fully saturated rings. The summed E-state index contributed by atoms with van der Waals surface area (Å²) in [6.45, 7) is 1.99. The average Bonchev–Trinajstić information content (AvgIpc) is 3.22. The molecule has 0 amide bonds. The summed E-state index contributed by atoms with van der Waals surface area (Å²) in [4.78, 5) is 11.5.